The Bertz CT molecular complexity index is 432. The molecule has 3 heteroatoms. The van der Waals surface area contributed by atoms with Crippen LogP contribution in [-0.2, 0) is 6.42 Å². The highest BCUT2D eigenvalue weighted by Crippen LogP contribution is 2.30. The van der Waals surface area contributed by atoms with Gasteiger partial charge in [-0.3, -0.25) is 4.90 Å². The summed E-state index contributed by atoms with van der Waals surface area (Å²) in [4.78, 5) is 5.18. The molecule has 20 heavy (non-hydrogen) atoms. The van der Waals surface area contributed by atoms with Crippen LogP contribution in [0.1, 0.15) is 25.3 Å². The molecule has 1 aliphatic carbocycles. The Morgan fingerprint density at radius 2 is 1.85 bits per heavy atom. The average molecular weight is 273 g/mol. The zero-order valence-electron chi connectivity index (χ0n) is 12.6. The Hall–Kier alpha value is -1.06. The molecule has 0 spiro atoms. The molecule has 1 atom stereocenters. The molecule has 1 aromatic carbocycles. The Labute approximate surface area is 122 Å². The van der Waals surface area contributed by atoms with E-state index in [-0.39, 0.29) is 6.04 Å². The predicted octanol–water partition coefficient (Wildman–Crippen LogP) is 2.11. The van der Waals surface area contributed by atoms with Gasteiger partial charge in [-0.2, -0.15) is 0 Å². The van der Waals surface area contributed by atoms with Crippen molar-refractivity contribution >= 4 is 5.69 Å². The Balaban J connectivity index is 1.61. The van der Waals surface area contributed by atoms with Crippen molar-refractivity contribution in [3.05, 3.63) is 29.8 Å². The van der Waals surface area contributed by atoms with Crippen LogP contribution in [0, 0.1) is 5.92 Å². The number of hydrogen-bond donors (Lipinski definition) is 1. The van der Waals surface area contributed by atoms with E-state index >= 15 is 0 Å². The molecule has 1 aliphatic heterocycles. The predicted molar refractivity (Wildman–Crippen MR) is 85.2 cm³/mol. The summed E-state index contributed by atoms with van der Waals surface area (Å²) in [5.74, 6) is 1.01. The molecule has 0 bridgehead atoms. The first-order chi connectivity index (χ1) is 9.72. The Morgan fingerprint density at radius 1 is 1.15 bits per heavy atom. The molecule has 1 saturated carbocycles. The number of anilines is 1. The number of nitrogens with zero attached hydrogens (tertiary/aromatic N) is 2. The molecule has 110 valence electrons. The third-order valence-electron chi connectivity index (χ3n) is 4.46. The molecule has 0 aromatic heterocycles. The van der Waals surface area contributed by atoms with Crippen LogP contribution in [0.4, 0.5) is 5.69 Å². The molecule has 3 rings (SSSR count). The van der Waals surface area contributed by atoms with Crippen molar-refractivity contribution in [2.75, 3.05) is 37.6 Å². The summed E-state index contributed by atoms with van der Waals surface area (Å²) >= 11 is 0. The third kappa shape index (κ3) is 3.53. The minimum absolute atomic E-state index is 0.229. The highest BCUT2D eigenvalue weighted by atomic mass is 15.3. The molecule has 2 fully saturated rings. The lowest BCUT2D eigenvalue weighted by Crippen LogP contribution is -2.47. The van der Waals surface area contributed by atoms with Crippen LogP contribution in [0.2, 0.25) is 0 Å². The van der Waals surface area contributed by atoms with Crippen LogP contribution < -0.4 is 10.6 Å². The van der Waals surface area contributed by atoms with Gasteiger partial charge in [-0.25, -0.2) is 0 Å². The number of rotatable bonds is 5. The van der Waals surface area contributed by atoms with E-state index in [0.29, 0.717) is 0 Å². The molecular formula is C17H27N3. The normalized spacial score (nSPS) is 22.0. The van der Waals surface area contributed by atoms with E-state index in [1.807, 2.05) is 0 Å². The first kappa shape index (κ1) is 13.9. The monoisotopic (exact) mass is 273 g/mol. The summed E-state index contributed by atoms with van der Waals surface area (Å²) in [7, 11) is 0. The van der Waals surface area contributed by atoms with Crippen molar-refractivity contribution in [3.8, 4) is 0 Å². The molecule has 3 nitrogen and oxygen atoms in total. The van der Waals surface area contributed by atoms with Gasteiger partial charge in [0.05, 0.1) is 0 Å². The fourth-order valence-electron chi connectivity index (χ4n) is 3.18. The zero-order valence-corrected chi connectivity index (χ0v) is 12.6. The third-order valence-corrected chi connectivity index (χ3v) is 4.46. The minimum Gasteiger partial charge on any atom is -0.369 e. The molecule has 1 heterocycles. The van der Waals surface area contributed by atoms with E-state index in [1.165, 1.54) is 43.7 Å². The summed E-state index contributed by atoms with van der Waals surface area (Å²) in [6.07, 6.45) is 3.88. The van der Waals surface area contributed by atoms with Crippen LogP contribution in [0.3, 0.4) is 0 Å². The minimum atomic E-state index is 0.229. The van der Waals surface area contributed by atoms with E-state index < -0.39 is 0 Å². The SMILES string of the molecule is CC(N)Cc1ccccc1N1CCN(CC2CC2)CC1. The maximum Gasteiger partial charge on any atom is 0.0400 e. The summed E-state index contributed by atoms with van der Waals surface area (Å²) in [6.45, 7) is 8.15. The zero-order chi connectivity index (χ0) is 13.9. The van der Waals surface area contributed by atoms with Crippen LogP contribution in [-0.4, -0.2) is 43.7 Å². The van der Waals surface area contributed by atoms with Gasteiger partial charge in [-0.1, -0.05) is 18.2 Å². The van der Waals surface area contributed by atoms with Gasteiger partial charge < -0.3 is 10.6 Å². The van der Waals surface area contributed by atoms with Gasteiger partial charge >= 0.3 is 0 Å². The second-order valence-corrected chi connectivity index (χ2v) is 6.54. The number of hydrogen-bond acceptors (Lipinski definition) is 3. The van der Waals surface area contributed by atoms with E-state index in [2.05, 4.69) is 41.0 Å². The number of para-hydroxylation sites is 1. The topological polar surface area (TPSA) is 32.5 Å². The van der Waals surface area contributed by atoms with Gasteiger partial charge in [0.1, 0.15) is 0 Å². The number of benzene rings is 1. The summed E-state index contributed by atoms with van der Waals surface area (Å²) in [5.41, 5.74) is 8.78. The lowest BCUT2D eigenvalue weighted by molar-refractivity contribution is 0.248. The first-order valence-corrected chi connectivity index (χ1v) is 8.03. The quantitative estimate of drug-likeness (QED) is 0.892. The lowest BCUT2D eigenvalue weighted by atomic mass is 10.0. The second kappa shape index (κ2) is 6.15. The average Bonchev–Trinajstić information content (AvgIpc) is 3.24. The van der Waals surface area contributed by atoms with Gasteiger partial charge in [0, 0.05) is 44.5 Å². The fraction of sp³-hybridized carbons (Fsp3) is 0.647. The molecular weight excluding hydrogens is 246 g/mol. The number of nitrogens with two attached hydrogens (primary N) is 1. The Kier molecular flexibility index (Phi) is 4.27. The van der Waals surface area contributed by atoms with E-state index in [9.17, 15) is 0 Å². The highest BCUT2D eigenvalue weighted by Gasteiger charge is 2.26. The number of piperazine rings is 1. The van der Waals surface area contributed by atoms with Crippen molar-refractivity contribution < 1.29 is 0 Å². The molecule has 1 unspecified atom stereocenters. The van der Waals surface area contributed by atoms with E-state index in [1.54, 1.807) is 0 Å². The first-order valence-electron chi connectivity index (χ1n) is 8.03. The smallest absolute Gasteiger partial charge is 0.0400 e. The summed E-state index contributed by atoms with van der Waals surface area (Å²) < 4.78 is 0. The van der Waals surface area contributed by atoms with Gasteiger partial charge in [0.25, 0.3) is 0 Å². The van der Waals surface area contributed by atoms with Crippen LogP contribution in [0.25, 0.3) is 0 Å². The van der Waals surface area contributed by atoms with Crippen LogP contribution in [0.5, 0.6) is 0 Å². The van der Waals surface area contributed by atoms with Crippen molar-refractivity contribution in [3.63, 3.8) is 0 Å². The lowest BCUT2D eigenvalue weighted by Gasteiger charge is -2.37. The van der Waals surface area contributed by atoms with Gasteiger partial charge in [0.15, 0.2) is 0 Å². The van der Waals surface area contributed by atoms with Gasteiger partial charge in [-0.15, -0.1) is 0 Å². The van der Waals surface area contributed by atoms with Gasteiger partial charge in [-0.05, 0) is 43.7 Å². The van der Waals surface area contributed by atoms with Crippen molar-refractivity contribution in [2.24, 2.45) is 11.7 Å². The molecule has 2 aliphatic rings. The second-order valence-electron chi connectivity index (χ2n) is 6.54. The standard InChI is InChI=1S/C17H27N3/c1-14(18)12-16-4-2-3-5-17(16)20-10-8-19(9-11-20)13-15-6-7-15/h2-5,14-15H,6-13,18H2,1H3. The fourth-order valence-corrected chi connectivity index (χ4v) is 3.18. The van der Waals surface area contributed by atoms with Crippen molar-refractivity contribution in [1.82, 2.24) is 4.90 Å². The molecule has 0 amide bonds. The maximum absolute atomic E-state index is 5.98. The van der Waals surface area contributed by atoms with E-state index in [4.69, 9.17) is 5.73 Å². The molecule has 0 radical (unpaired) electrons. The highest BCUT2D eigenvalue weighted by molar-refractivity contribution is 5.54. The molecule has 1 aromatic rings. The van der Waals surface area contributed by atoms with Crippen LogP contribution >= 0.6 is 0 Å². The summed E-state index contributed by atoms with van der Waals surface area (Å²) in [5, 5.41) is 0. The largest absolute Gasteiger partial charge is 0.369 e. The summed E-state index contributed by atoms with van der Waals surface area (Å²) in [6, 6.07) is 9.00. The van der Waals surface area contributed by atoms with Crippen molar-refractivity contribution in [2.45, 2.75) is 32.2 Å². The molecule has 1 saturated heterocycles. The maximum atomic E-state index is 5.98. The Morgan fingerprint density at radius 3 is 2.50 bits per heavy atom. The van der Waals surface area contributed by atoms with Gasteiger partial charge in [0.2, 0.25) is 0 Å². The van der Waals surface area contributed by atoms with Crippen LogP contribution in [0.15, 0.2) is 24.3 Å². The van der Waals surface area contributed by atoms with Crippen molar-refractivity contribution in [1.29, 1.82) is 0 Å². The molecule has 2 N–H and O–H groups in total. The van der Waals surface area contributed by atoms with E-state index in [0.717, 1.165) is 25.4 Å².